The normalized spacial score (nSPS) is 11.6. The van der Waals surface area contributed by atoms with Gasteiger partial charge in [-0.25, -0.2) is 8.78 Å². The summed E-state index contributed by atoms with van der Waals surface area (Å²) in [6.45, 7) is -0.901. The second-order valence-corrected chi connectivity index (χ2v) is 8.42. The molecular weight excluding hydrogens is 452 g/mol. The highest BCUT2D eigenvalue weighted by molar-refractivity contribution is 5.88. The number of hydrogen-bond donors (Lipinski definition) is 0. The lowest BCUT2D eigenvalue weighted by Crippen LogP contribution is -2.02. The summed E-state index contributed by atoms with van der Waals surface area (Å²) < 4.78 is 58.9. The molecule has 0 N–H and O–H groups in total. The smallest absolute Gasteiger partial charge is 0.387 e. The van der Waals surface area contributed by atoms with Crippen molar-refractivity contribution in [3.8, 4) is 16.9 Å². The van der Waals surface area contributed by atoms with E-state index in [1.165, 1.54) is 12.1 Å². The predicted octanol–water partition coefficient (Wildman–Crippen LogP) is 8.68. The highest BCUT2D eigenvalue weighted by Gasteiger charge is 2.12. The largest absolute Gasteiger partial charge is 0.435 e. The second kappa shape index (κ2) is 11.2. The van der Waals surface area contributed by atoms with E-state index in [4.69, 9.17) is 0 Å². The Morgan fingerprint density at radius 2 is 1.57 bits per heavy atom. The van der Waals surface area contributed by atoms with E-state index in [9.17, 15) is 13.2 Å². The second-order valence-electron chi connectivity index (χ2n) is 8.42. The Morgan fingerprint density at radius 3 is 2.29 bits per heavy atom. The Hall–Kier alpha value is -3.60. The predicted molar refractivity (Wildman–Crippen MR) is 133 cm³/mol. The third kappa shape index (κ3) is 6.10. The summed E-state index contributed by atoms with van der Waals surface area (Å²) in [7, 11) is 0. The Balaban J connectivity index is 1.49. The Morgan fingerprint density at radius 1 is 0.800 bits per heavy atom. The van der Waals surface area contributed by atoms with Gasteiger partial charge < -0.3 is 4.74 Å². The maximum absolute atomic E-state index is 15.2. The molecule has 0 bridgehead atoms. The molecule has 5 heteroatoms. The fourth-order valence-electron chi connectivity index (χ4n) is 4.18. The lowest BCUT2D eigenvalue weighted by atomic mass is 9.96. The van der Waals surface area contributed by atoms with Crippen molar-refractivity contribution in [1.82, 2.24) is 0 Å². The maximum Gasteiger partial charge on any atom is 0.387 e. The molecule has 0 aliphatic carbocycles. The molecule has 4 aromatic rings. The Labute approximate surface area is 202 Å². The van der Waals surface area contributed by atoms with Crippen molar-refractivity contribution in [2.24, 2.45) is 0 Å². The third-order valence-electron chi connectivity index (χ3n) is 6.05. The van der Waals surface area contributed by atoms with Gasteiger partial charge in [-0.3, -0.25) is 0 Å². The molecule has 0 amide bonds. The van der Waals surface area contributed by atoms with Crippen LogP contribution in [0.25, 0.3) is 21.9 Å². The average Bonchev–Trinajstić information content (AvgIpc) is 2.84. The van der Waals surface area contributed by atoms with Crippen molar-refractivity contribution >= 4 is 10.8 Å². The van der Waals surface area contributed by atoms with Crippen LogP contribution in [-0.2, 0) is 19.3 Å². The molecule has 4 aromatic carbocycles. The summed E-state index contributed by atoms with van der Waals surface area (Å²) in [5, 5.41) is 1.18. The topological polar surface area (TPSA) is 9.23 Å². The highest BCUT2D eigenvalue weighted by Crippen LogP contribution is 2.30. The van der Waals surface area contributed by atoms with E-state index in [2.05, 4.69) is 10.8 Å². The van der Waals surface area contributed by atoms with Gasteiger partial charge in [0.05, 0.1) is 0 Å². The van der Waals surface area contributed by atoms with Crippen LogP contribution in [-0.4, -0.2) is 6.61 Å². The molecule has 0 fully saturated rings. The summed E-state index contributed by atoms with van der Waals surface area (Å²) in [5.74, 6) is -0.493. The van der Waals surface area contributed by atoms with E-state index in [1.807, 2.05) is 31.2 Å². The summed E-state index contributed by atoms with van der Waals surface area (Å²) in [5.41, 5.74) is 3.59. The van der Waals surface area contributed by atoms with Crippen LogP contribution in [0.3, 0.4) is 0 Å². The van der Waals surface area contributed by atoms with Crippen molar-refractivity contribution in [3.05, 3.63) is 113 Å². The molecule has 0 unspecified atom stereocenters. The van der Waals surface area contributed by atoms with Crippen LogP contribution in [0.4, 0.5) is 17.6 Å². The van der Waals surface area contributed by atoms with Gasteiger partial charge in [-0.05, 0) is 84.5 Å². The zero-order valence-corrected chi connectivity index (χ0v) is 19.4. The van der Waals surface area contributed by atoms with Gasteiger partial charge >= 0.3 is 6.61 Å². The molecule has 0 atom stereocenters. The van der Waals surface area contributed by atoms with Crippen molar-refractivity contribution in [2.75, 3.05) is 0 Å². The van der Waals surface area contributed by atoms with Crippen LogP contribution in [0.1, 0.15) is 30.0 Å². The quantitative estimate of drug-likeness (QED) is 0.173. The molecule has 0 saturated carbocycles. The first-order valence-electron chi connectivity index (χ1n) is 11.6. The Kier molecular flexibility index (Phi) is 7.86. The van der Waals surface area contributed by atoms with Gasteiger partial charge in [-0.15, -0.1) is 0 Å². The fourth-order valence-corrected chi connectivity index (χ4v) is 4.18. The number of benzene rings is 4. The van der Waals surface area contributed by atoms with Crippen LogP contribution in [0, 0.1) is 11.6 Å². The first kappa shape index (κ1) is 24.5. The number of fused-ring (bicyclic) bond motifs is 1. The number of hydrogen-bond acceptors (Lipinski definition) is 1. The van der Waals surface area contributed by atoms with Crippen LogP contribution in [0.15, 0.2) is 84.9 Å². The number of aryl methyl sites for hydroxylation is 3. The average molecular weight is 479 g/mol. The number of halogens is 4. The van der Waals surface area contributed by atoms with Crippen molar-refractivity contribution in [2.45, 2.75) is 39.2 Å². The van der Waals surface area contributed by atoms with E-state index in [0.717, 1.165) is 24.0 Å². The minimum Gasteiger partial charge on any atom is -0.435 e. The zero-order valence-electron chi connectivity index (χ0n) is 19.4. The van der Waals surface area contributed by atoms with Crippen LogP contribution in [0.5, 0.6) is 5.75 Å². The summed E-state index contributed by atoms with van der Waals surface area (Å²) in [6, 6.07) is 20.5. The molecule has 4 rings (SSSR count). The van der Waals surface area contributed by atoms with Gasteiger partial charge in [-0.2, -0.15) is 8.78 Å². The SMILES string of the molecule is C/C=C/CCc1ccc(-c2ccc3c(F)c(CCc4ccc(OC(F)F)cc4)ccc3c2)c(F)c1. The standard InChI is InChI=1S/C30H26F4O/c1-2-3-4-5-21-9-16-26(28(31)18-21)23-13-17-27-24(19-23)12-11-22(29(27)32)10-6-20-7-14-25(15-8-20)35-30(33)34/h2-3,7-9,11-19,30H,4-6,10H2,1H3/b3-2+. The molecule has 0 spiro atoms. The molecule has 0 aromatic heterocycles. The van der Waals surface area contributed by atoms with Gasteiger partial charge in [0.15, 0.2) is 0 Å². The van der Waals surface area contributed by atoms with Gasteiger partial charge in [0.1, 0.15) is 17.4 Å². The van der Waals surface area contributed by atoms with Crippen LogP contribution in [0.2, 0.25) is 0 Å². The van der Waals surface area contributed by atoms with Gasteiger partial charge in [0, 0.05) is 10.9 Å². The molecular formula is C30H26F4O. The number of alkyl halides is 2. The van der Waals surface area contributed by atoms with Gasteiger partial charge in [0.25, 0.3) is 0 Å². The first-order chi connectivity index (χ1) is 16.9. The van der Waals surface area contributed by atoms with Gasteiger partial charge in [0.2, 0.25) is 0 Å². The molecule has 180 valence electrons. The lowest BCUT2D eigenvalue weighted by molar-refractivity contribution is -0.0498. The molecule has 0 saturated heterocycles. The molecule has 0 heterocycles. The maximum atomic E-state index is 15.2. The molecule has 0 aliphatic heterocycles. The van der Waals surface area contributed by atoms with Crippen molar-refractivity contribution < 1.29 is 22.3 Å². The highest BCUT2D eigenvalue weighted by atomic mass is 19.3. The van der Waals surface area contributed by atoms with Gasteiger partial charge in [-0.1, -0.05) is 60.7 Å². The number of ether oxygens (including phenoxy) is 1. The Bertz CT molecular complexity index is 1330. The molecule has 35 heavy (non-hydrogen) atoms. The first-order valence-corrected chi connectivity index (χ1v) is 11.6. The summed E-state index contributed by atoms with van der Waals surface area (Å²) in [6.07, 6.45) is 6.70. The molecule has 0 aliphatic rings. The minimum atomic E-state index is -2.86. The third-order valence-corrected chi connectivity index (χ3v) is 6.05. The van der Waals surface area contributed by atoms with Crippen molar-refractivity contribution in [3.63, 3.8) is 0 Å². The fraction of sp³-hybridized carbons (Fsp3) is 0.200. The van der Waals surface area contributed by atoms with Crippen LogP contribution < -0.4 is 4.74 Å². The van der Waals surface area contributed by atoms with E-state index in [0.29, 0.717) is 40.3 Å². The van der Waals surface area contributed by atoms with Crippen LogP contribution >= 0.6 is 0 Å². The lowest BCUT2D eigenvalue weighted by Gasteiger charge is -2.11. The van der Waals surface area contributed by atoms with E-state index < -0.39 is 6.61 Å². The molecule has 1 nitrogen and oxygen atoms in total. The van der Waals surface area contributed by atoms with Crippen molar-refractivity contribution in [1.29, 1.82) is 0 Å². The molecule has 0 radical (unpaired) electrons. The minimum absolute atomic E-state index is 0.0937. The zero-order chi connectivity index (χ0) is 24.8. The van der Waals surface area contributed by atoms with E-state index in [-0.39, 0.29) is 17.4 Å². The summed E-state index contributed by atoms with van der Waals surface area (Å²) >= 11 is 0. The number of rotatable bonds is 9. The summed E-state index contributed by atoms with van der Waals surface area (Å²) in [4.78, 5) is 0. The van der Waals surface area contributed by atoms with E-state index >= 15 is 4.39 Å². The monoisotopic (exact) mass is 478 g/mol. The van der Waals surface area contributed by atoms with E-state index in [1.54, 1.807) is 42.5 Å². The number of allylic oxidation sites excluding steroid dienone is 2.